The van der Waals surface area contributed by atoms with Crippen LogP contribution in [0.25, 0.3) is 6.08 Å². The van der Waals surface area contributed by atoms with Crippen LogP contribution >= 0.6 is 0 Å². The van der Waals surface area contributed by atoms with Gasteiger partial charge in [0.15, 0.2) is 11.5 Å². The summed E-state index contributed by atoms with van der Waals surface area (Å²) in [6.45, 7) is 0.836. The largest absolute Gasteiger partial charge is 0.493 e. The molecule has 0 N–H and O–H groups in total. The molecule has 1 aromatic rings. The van der Waals surface area contributed by atoms with Crippen LogP contribution in [0.4, 0.5) is 0 Å². The van der Waals surface area contributed by atoms with Gasteiger partial charge < -0.3 is 19.1 Å². The number of benzene rings is 1. The summed E-state index contributed by atoms with van der Waals surface area (Å²) in [4.78, 5) is 2.10. The van der Waals surface area contributed by atoms with Crippen molar-refractivity contribution in [3.8, 4) is 17.2 Å². The molecule has 4 nitrogen and oxygen atoms in total. The summed E-state index contributed by atoms with van der Waals surface area (Å²) >= 11 is 0. The first-order valence-corrected chi connectivity index (χ1v) is 5.41. The molecule has 17 heavy (non-hydrogen) atoms. The average molecular weight is 235 g/mol. The van der Waals surface area contributed by atoms with Gasteiger partial charge in [0, 0.05) is 19.2 Å². The number of hydrogen-bond donors (Lipinski definition) is 0. The van der Waals surface area contributed by atoms with Gasteiger partial charge in [0.2, 0.25) is 5.75 Å². The lowest BCUT2D eigenvalue weighted by Crippen LogP contribution is -2.15. The maximum absolute atomic E-state index is 5.44. The molecule has 1 aromatic carbocycles. The van der Waals surface area contributed by atoms with E-state index in [1.165, 1.54) is 5.56 Å². The zero-order valence-electron chi connectivity index (χ0n) is 10.6. The van der Waals surface area contributed by atoms with Gasteiger partial charge in [-0.05, 0) is 23.9 Å². The van der Waals surface area contributed by atoms with E-state index < -0.39 is 0 Å². The van der Waals surface area contributed by atoms with Gasteiger partial charge in [-0.1, -0.05) is 0 Å². The highest BCUT2D eigenvalue weighted by Gasteiger charge is 2.21. The highest BCUT2D eigenvalue weighted by atomic mass is 16.5. The third-order valence-electron chi connectivity index (χ3n) is 2.87. The van der Waals surface area contributed by atoms with E-state index >= 15 is 0 Å². The number of rotatable bonds is 3. The predicted octanol–water partition coefficient (Wildman–Crippen LogP) is 2.13. The Bertz CT molecular complexity index is 454. The zero-order chi connectivity index (χ0) is 12.4. The van der Waals surface area contributed by atoms with Crippen LogP contribution in [0.2, 0.25) is 0 Å². The van der Waals surface area contributed by atoms with Crippen molar-refractivity contribution in [2.45, 2.75) is 6.54 Å². The SMILES string of the molecule is COc1cc2c(c(OC)c1OC)C=CN(C)C2. The van der Waals surface area contributed by atoms with Gasteiger partial charge in [0.25, 0.3) is 0 Å². The maximum Gasteiger partial charge on any atom is 0.203 e. The first-order chi connectivity index (χ1) is 8.21. The smallest absolute Gasteiger partial charge is 0.203 e. The van der Waals surface area contributed by atoms with Crippen LogP contribution in [0, 0.1) is 0 Å². The molecule has 0 spiro atoms. The van der Waals surface area contributed by atoms with Crippen molar-refractivity contribution in [2.75, 3.05) is 28.4 Å². The Morgan fingerprint density at radius 2 is 1.76 bits per heavy atom. The van der Waals surface area contributed by atoms with E-state index in [1.807, 2.05) is 25.4 Å². The zero-order valence-corrected chi connectivity index (χ0v) is 10.6. The number of fused-ring (bicyclic) bond motifs is 1. The van der Waals surface area contributed by atoms with Gasteiger partial charge in [-0.3, -0.25) is 0 Å². The Balaban J connectivity index is 2.63. The van der Waals surface area contributed by atoms with Gasteiger partial charge >= 0.3 is 0 Å². The molecule has 2 rings (SSSR count). The lowest BCUT2D eigenvalue weighted by atomic mass is 10.0. The van der Waals surface area contributed by atoms with Crippen LogP contribution in [0.1, 0.15) is 11.1 Å². The van der Waals surface area contributed by atoms with Crippen molar-refractivity contribution in [1.82, 2.24) is 4.90 Å². The van der Waals surface area contributed by atoms with Crippen molar-refractivity contribution < 1.29 is 14.2 Å². The Labute approximate surface area is 101 Å². The first kappa shape index (κ1) is 11.6. The second-order valence-electron chi connectivity index (χ2n) is 3.95. The molecule has 1 aliphatic heterocycles. The number of hydrogen-bond acceptors (Lipinski definition) is 4. The van der Waals surface area contributed by atoms with Crippen LogP contribution < -0.4 is 14.2 Å². The van der Waals surface area contributed by atoms with Crippen LogP contribution in [0.5, 0.6) is 17.2 Å². The summed E-state index contributed by atoms with van der Waals surface area (Å²) < 4.78 is 16.1. The number of nitrogens with zero attached hydrogens (tertiary/aromatic N) is 1. The Hall–Kier alpha value is -1.84. The van der Waals surface area contributed by atoms with Crippen molar-refractivity contribution in [1.29, 1.82) is 0 Å². The Kier molecular flexibility index (Phi) is 3.13. The molecule has 0 amide bonds. The molecule has 1 heterocycles. The van der Waals surface area contributed by atoms with Crippen LogP contribution in [0.15, 0.2) is 12.3 Å². The molecule has 0 aromatic heterocycles. The Morgan fingerprint density at radius 3 is 2.35 bits per heavy atom. The minimum Gasteiger partial charge on any atom is -0.493 e. The normalized spacial score (nSPS) is 13.3. The monoisotopic (exact) mass is 235 g/mol. The molecule has 0 radical (unpaired) electrons. The van der Waals surface area contributed by atoms with Crippen molar-refractivity contribution >= 4 is 6.08 Å². The lowest BCUT2D eigenvalue weighted by molar-refractivity contribution is 0.321. The topological polar surface area (TPSA) is 30.9 Å². The minimum absolute atomic E-state index is 0.642. The minimum atomic E-state index is 0.642. The standard InChI is InChI=1S/C13H17NO3/c1-14-6-5-10-9(8-14)7-11(15-2)13(17-4)12(10)16-3/h5-7H,8H2,1-4H3. The van der Waals surface area contributed by atoms with Crippen LogP contribution in [-0.4, -0.2) is 33.3 Å². The summed E-state index contributed by atoms with van der Waals surface area (Å²) in [6.07, 6.45) is 4.05. The third-order valence-corrected chi connectivity index (χ3v) is 2.87. The van der Waals surface area contributed by atoms with E-state index in [2.05, 4.69) is 4.90 Å². The molecule has 4 heteroatoms. The second-order valence-corrected chi connectivity index (χ2v) is 3.95. The molecule has 92 valence electrons. The predicted molar refractivity (Wildman–Crippen MR) is 66.6 cm³/mol. The van der Waals surface area contributed by atoms with E-state index in [4.69, 9.17) is 14.2 Å². The summed E-state index contributed by atoms with van der Waals surface area (Å²) in [6, 6.07) is 2.00. The van der Waals surface area contributed by atoms with Crippen molar-refractivity contribution in [2.24, 2.45) is 0 Å². The third kappa shape index (κ3) is 1.90. The summed E-state index contributed by atoms with van der Waals surface area (Å²) in [5.74, 6) is 2.07. The van der Waals surface area contributed by atoms with Gasteiger partial charge in [-0.2, -0.15) is 0 Å². The molecule has 0 atom stereocenters. The fraction of sp³-hybridized carbons (Fsp3) is 0.385. The average Bonchev–Trinajstić information content (AvgIpc) is 2.35. The molecular weight excluding hydrogens is 218 g/mol. The van der Waals surface area contributed by atoms with Crippen molar-refractivity contribution in [3.05, 3.63) is 23.4 Å². The van der Waals surface area contributed by atoms with Gasteiger partial charge in [-0.15, -0.1) is 0 Å². The summed E-state index contributed by atoms with van der Waals surface area (Å²) in [7, 11) is 6.92. The van der Waals surface area contributed by atoms with E-state index in [-0.39, 0.29) is 0 Å². The van der Waals surface area contributed by atoms with E-state index in [0.717, 1.165) is 17.9 Å². The number of ether oxygens (including phenoxy) is 3. The highest BCUT2D eigenvalue weighted by molar-refractivity contribution is 5.70. The Morgan fingerprint density at radius 1 is 1.06 bits per heavy atom. The summed E-state index contributed by atoms with van der Waals surface area (Å²) in [5.41, 5.74) is 2.23. The fourth-order valence-corrected chi connectivity index (χ4v) is 2.07. The van der Waals surface area contributed by atoms with Crippen LogP contribution in [0.3, 0.4) is 0 Å². The van der Waals surface area contributed by atoms with E-state index in [1.54, 1.807) is 21.3 Å². The maximum atomic E-state index is 5.44. The molecule has 0 saturated carbocycles. The lowest BCUT2D eigenvalue weighted by Gasteiger charge is -2.24. The van der Waals surface area contributed by atoms with E-state index in [9.17, 15) is 0 Å². The number of methoxy groups -OCH3 is 3. The fourth-order valence-electron chi connectivity index (χ4n) is 2.07. The van der Waals surface area contributed by atoms with Gasteiger partial charge in [-0.25, -0.2) is 0 Å². The molecule has 0 aliphatic carbocycles. The molecule has 0 fully saturated rings. The molecule has 0 bridgehead atoms. The first-order valence-electron chi connectivity index (χ1n) is 5.41. The summed E-state index contributed by atoms with van der Waals surface area (Å²) in [5, 5.41) is 0. The van der Waals surface area contributed by atoms with Gasteiger partial charge in [0.05, 0.1) is 21.3 Å². The van der Waals surface area contributed by atoms with Crippen molar-refractivity contribution in [3.63, 3.8) is 0 Å². The highest BCUT2D eigenvalue weighted by Crippen LogP contribution is 2.43. The molecule has 1 aliphatic rings. The quantitative estimate of drug-likeness (QED) is 0.803. The molecule has 0 unspecified atom stereocenters. The second kappa shape index (κ2) is 4.57. The van der Waals surface area contributed by atoms with Crippen LogP contribution in [-0.2, 0) is 6.54 Å². The van der Waals surface area contributed by atoms with E-state index in [0.29, 0.717) is 11.5 Å². The molecule has 0 saturated heterocycles. The molecular formula is C13H17NO3. The van der Waals surface area contributed by atoms with Gasteiger partial charge in [0.1, 0.15) is 0 Å².